The zero-order valence-corrected chi connectivity index (χ0v) is 25.1. The van der Waals surface area contributed by atoms with Crippen molar-refractivity contribution in [1.29, 1.82) is 0 Å². The van der Waals surface area contributed by atoms with E-state index in [1.807, 2.05) is 38.5 Å². The molecule has 0 aromatic rings. The number of rotatable bonds is 12. The summed E-state index contributed by atoms with van der Waals surface area (Å²) < 4.78 is 23.7. The second-order valence-electron chi connectivity index (χ2n) is 10.6. The highest BCUT2D eigenvalue weighted by Gasteiger charge is 2.54. The van der Waals surface area contributed by atoms with Crippen LogP contribution >= 0.6 is 0 Å². The normalized spacial score (nSPS) is 32.7. The van der Waals surface area contributed by atoms with Crippen LogP contribution in [0.3, 0.4) is 0 Å². The minimum Gasteiger partial charge on any atom is -0.394 e. The van der Waals surface area contributed by atoms with Crippen molar-refractivity contribution >= 4 is 23.6 Å². The number of carbonyl (C=O) groups excluding carboxylic acids is 4. The summed E-state index contributed by atoms with van der Waals surface area (Å²) in [6.07, 6.45) is -11.4. The monoisotopic (exact) mass is 621 g/mol. The molecule has 0 aromatic heterocycles. The first-order valence-electron chi connectivity index (χ1n) is 14.5. The molecule has 0 aliphatic carbocycles. The Bertz CT molecular complexity index is 936. The molecule has 2 heterocycles. The average Bonchev–Trinajstić information content (AvgIpc) is 2.99. The van der Waals surface area contributed by atoms with E-state index in [2.05, 4.69) is 5.32 Å². The van der Waals surface area contributed by atoms with Gasteiger partial charge in [0, 0.05) is 6.92 Å². The lowest BCUT2D eigenvalue weighted by atomic mass is 9.83. The van der Waals surface area contributed by atoms with Crippen molar-refractivity contribution in [3.05, 3.63) is 0 Å². The lowest BCUT2D eigenvalue weighted by molar-refractivity contribution is -0.332. The van der Waals surface area contributed by atoms with Crippen LogP contribution in [0.1, 0.15) is 60.3 Å². The van der Waals surface area contributed by atoms with Crippen LogP contribution in [0.4, 0.5) is 0 Å². The number of hydrogen-bond acceptors (Lipinski definition) is 13. The molecule has 17 heteroatoms. The van der Waals surface area contributed by atoms with Gasteiger partial charge in [-0.05, 0) is 18.8 Å². The van der Waals surface area contributed by atoms with Gasteiger partial charge in [0.25, 0.3) is 5.91 Å². The minimum atomic E-state index is -1.81. The maximum Gasteiger partial charge on any atom is 0.329 e. The maximum atomic E-state index is 13.2. The van der Waals surface area contributed by atoms with E-state index in [1.54, 1.807) is 5.43 Å². The summed E-state index contributed by atoms with van der Waals surface area (Å²) in [4.78, 5) is 48.6. The molecular formula is C26H47N5O12. The predicted molar refractivity (Wildman–Crippen MR) is 147 cm³/mol. The molecule has 248 valence electrons. The van der Waals surface area contributed by atoms with Crippen molar-refractivity contribution in [2.24, 2.45) is 11.8 Å². The van der Waals surface area contributed by atoms with Crippen LogP contribution in [0, 0.1) is 5.92 Å². The summed E-state index contributed by atoms with van der Waals surface area (Å²) in [7, 11) is 0. The SMILES string of the molecule is CCC(CC)OC1C(C(=O)NNC(=O)C(=O)NN)OC(OC2C(O)C(CO)OC(C(CC)CC)C2NC(C)=O)C(O)C1O. The van der Waals surface area contributed by atoms with Crippen LogP contribution < -0.4 is 27.4 Å². The van der Waals surface area contributed by atoms with E-state index in [0.29, 0.717) is 25.7 Å². The summed E-state index contributed by atoms with van der Waals surface area (Å²) >= 11 is 0. The van der Waals surface area contributed by atoms with Crippen LogP contribution in [0.15, 0.2) is 0 Å². The fraction of sp³-hybridized carbons (Fsp3) is 0.846. The smallest absolute Gasteiger partial charge is 0.329 e. The molecule has 4 amide bonds. The van der Waals surface area contributed by atoms with Gasteiger partial charge in [-0.15, -0.1) is 0 Å². The molecule has 2 saturated heterocycles. The molecule has 2 rings (SSSR count). The highest BCUT2D eigenvalue weighted by molar-refractivity contribution is 6.34. The standard InChI is InChI=1S/C26H47N5O12/c1-6-12(7-2)19-15(28-11(5)33)20(16(34)14(10-32)41-19)42-26-18(36)17(35)21(40-13(8-3)9-4)22(43-26)23(37)30-31-25(39)24(38)29-27/h12-22,26,32,34-36H,6-10,27H2,1-5H3,(H,28,33)(H,29,38)(H,30,37)(H,31,39). The Morgan fingerprint density at radius 1 is 0.860 bits per heavy atom. The fourth-order valence-electron chi connectivity index (χ4n) is 5.33. The summed E-state index contributed by atoms with van der Waals surface area (Å²) in [5.74, 6) is 0.704. The van der Waals surface area contributed by atoms with Gasteiger partial charge in [0.05, 0.1) is 24.9 Å². The van der Waals surface area contributed by atoms with Gasteiger partial charge in [0.15, 0.2) is 12.4 Å². The number of ether oxygens (including phenoxy) is 4. The molecule has 10 N–H and O–H groups in total. The van der Waals surface area contributed by atoms with Gasteiger partial charge >= 0.3 is 11.8 Å². The van der Waals surface area contributed by atoms with Gasteiger partial charge in [0.1, 0.15) is 36.6 Å². The van der Waals surface area contributed by atoms with Crippen LogP contribution in [0.5, 0.6) is 0 Å². The molecule has 0 radical (unpaired) electrons. The molecule has 2 fully saturated rings. The van der Waals surface area contributed by atoms with Gasteiger partial charge in [-0.2, -0.15) is 0 Å². The summed E-state index contributed by atoms with van der Waals surface area (Å²) in [5, 5.41) is 46.0. The summed E-state index contributed by atoms with van der Waals surface area (Å²) in [6, 6.07) is -0.979. The van der Waals surface area contributed by atoms with Crippen molar-refractivity contribution in [3.63, 3.8) is 0 Å². The number of carbonyl (C=O) groups is 4. The third-order valence-electron chi connectivity index (χ3n) is 7.81. The molecule has 0 spiro atoms. The number of hydrogen-bond donors (Lipinski definition) is 9. The first-order chi connectivity index (χ1) is 20.4. The molecule has 2 aliphatic rings. The van der Waals surface area contributed by atoms with Crippen molar-refractivity contribution < 1.29 is 58.6 Å². The van der Waals surface area contributed by atoms with Gasteiger partial charge in [-0.1, -0.05) is 40.5 Å². The maximum absolute atomic E-state index is 13.2. The van der Waals surface area contributed by atoms with E-state index < -0.39 is 97.5 Å². The van der Waals surface area contributed by atoms with Crippen LogP contribution in [-0.2, 0) is 38.1 Å². The Labute approximate surface area is 250 Å². The number of nitrogens with two attached hydrogens (primary N) is 1. The molecule has 10 unspecified atom stereocenters. The Morgan fingerprint density at radius 3 is 2.00 bits per heavy atom. The molecule has 0 saturated carbocycles. The average molecular weight is 622 g/mol. The number of hydrazine groups is 2. The number of aliphatic hydroxyl groups excluding tert-OH is 4. The highest BCUT2D eigenvalue weighted by Crippen LogP contribution is 2.34. The van der Waals surface area contributed by atoms with Crippen molar-refractivity contribution in [2.45, 2.75) is 128 Å². The lowest BCUT2D eigenvalue weighted by Crippen LogP contribution is -2.69. The van der Waals surface area contributed by atoms with Crippen molar-refractivity contribution in [1.82, 2.24) is 21.6 Å². The van der Waals surface area contributed by atoms with Gasteiger partial charge in [0.2, 0.25) is 5.91 Å². The third kappa shape index (κ3) is 9.02. The Kier molecular flexibility index (Phi) is 14.6. The first kappa shape index (κ1) is 36.7. The third-order valence-corrected chi connectivity index (χ3v) is 7.81. The first-order valence-corrected chi connectivity index (χ1v) is 14.5. The van der Waals surface area contributed by atoms with Crippen LogP contribution in [0.25, 0.3) is 0 Å². The molecule has 0 aromatic carbocycles. The quantitative estimate of drug-likeness (QED) is 0.0446. The largest absolute Gasteiger partial charge is 0.394 e. The summed E-state index contributed by atoms with van der Waals surface area (Å²) in [5.41, 5.74) is 5.45. The van der Waals surface area contributed by atoms with Crippen molar-refractivity contribution in [3.8, 4) is 0 Å². The topological polar surface area (TPSA) is 260 Å². The van der Waals surface area contributed by atoms with Gasteiger partial charge in [-0.25, -0.2) is 5.84 Å². The summed E-state index contributed by atoms with van der Waals surface area (Å²) in [6.45, 7) is 8.14. The predicted octanol–water partition coefficient (Wildman–Crippen LogP) is -3.41. The number of nitrogens with one attached hydrogen (secondary N) is 4. The van der Waals surface area contributed by atoms with Crippen LogP contribution in [0.2, 0.25) is 0 Å². The number of amides is 4. The van der Waals surface area contributed by atoms with E-state index in [9.17, 15) is 39.6 Å². The number of aliphatic hydroxyl groups is 4. The Balaban J connectivity index is 2.44. The van der Waals surface area contributed by atoms with Gasteiger partial charge in [-0.3, -0.25) is 35.5 Å². The van der Waals surface area contributed by atoms with Crippen LogP contribution in [-0.4, -0.2) is 118 Å². The Morgan fingerprint density at radius 2 is 1.49 bits per heavy atom. The molecular weight excluding hydrogens is 574 g/mol. The minimum absolute atomic E-state index is 0.127. The second-order valence-corrected chi connectivity index (χ2v) is 10.6. The molecule has 17 nitrogen and oxygen atoms in total. The molecule has 0 bridgehead atoms. The molecule has 43 heavy (non-hydrogen) atoms. The lowest BCUT2D eigenvalue weighted by Gasteiger charge is -2.49. The molecule has 2 aliphatic heterocycles. The van der Waals surface area contributed by atoms with E-state index in [4.69, 9.17) is 24.8 Å². The second kappa shape index (κ2) is 17.1. The Hall–Kier alpha value is -2.48. The van der Waals surface area contributed by atoms with E-state index in [1.165, 1.54) is 6.92 Å². The molecule has 10 atom stereocenters. The van der Waals surface area contributed by atoms with E-state index >= 15 is 0 Å². The highest BCUT2D eigenvalue weighted by atomic mass is 16.7. The zero-order chi connectivity index (χ0) is 32.4. The zero-order valence-electron chi connectivity index (χ0n) is 25.1. The fourth-order valence-corrected chi connectivity index (χ4v) is 5.33. The van der Waals surface area contributed by atoms with E-state index in [-0.39, 0.29) is 5.92 Å². The van der Waals surface area contributed by atoms with Crippen molar-refractivity contribution in [2.75, 3.05) is 6.61 Å². The van der Waals surface area contributed by atoms with E-state index in [0.717, 1.165) is 0 Å². The van der Waals surface area contributed by atoms with Gasteiger partial charge < -0.3 is 44.7 Å².